The molecule has 24 heavy (non-hydrogen) atoms. The van der Waals surface area contributed by atoms with Crippen LogP contribution in [0.5, 0.6) is 0 Å². The van der Waals surface area contributed by atoms with Gasteiger partial charge in [0, 0.05) is 11.5 Å². The Balaban J connectivity index is 1.80. The lowest BCUT2D eigenvalue weighted by atomic mass is 9.94. The van der Waals surface area contributed by atoms with Gasteiger partial charge in [-0.2, -0.15) is 0 Å². The molecule has 0 unspecified atom stereocenters. The van der Waals surface area contributed by atoms with Gasteiger partial charge in [-0.1, -0.05) is 17.8 Å². The first kappa shape index (κ1) is 16.2. The summed E-state index contributed by atoms with van der Waals surface area (Å²) in [5.41, 5.74) is 0.598. The second-order valence-corrected chi connectivity index (χ2v) is 9.22. The molecule has 0 aliphatic carbocycles. The van der Waals surface area contributed by atoms with E-state index in [4.69, 9.17) is 9.73 Å². The van der Waals surface area contributed by atoms with Crippen molar-refractivity contribution in [2.24, 2.45) is 4.99 Å². The summed E-state index contributed by atoms with van der Waals surface area (Å²) in [6.07, 6.45) is 1.77. The molecule has 2 aliphatic rings. The highest BCUT2D eigenvalue weighted by atomic mass is 32.2. The Morgan fingerprint density at radius 3 is 3.00 bits per heavy atom. The molecule has 2 aromatic rings. The highest BCUT2D eigenvalue weighted by Crippen LogP contribution is 2.46. The van der Waals surface area contributed by atoms with Crippen LogP contribution in [0, 0.1) is 0 Å². The van der Waals surface area contributed by atoms with Crippen LogP contribution < -0.4 is 5.56 Å². The molecule has 0 radical (unpaired) electrons. The first-order valence-electron chi connectivity index (χ1n) is 8.18. The van der Waals surface area contributed by atoms with E-state index >= 15 is 0 Å². The normalized spacial score (nSPS) is 26.0. The zero-order valence-electron chi connectivity index (χ0n) is 14.0. The Morgan fingerprint density at radius 1 is 1.46 bits per heavy atom. The number of nitrogens with zero attached hydrogens (tertiary/aromatic N) is 2. The van der Waals surface area contributed by atoms with Crippen LogP contribution in [0.25, 0.3) is 0 Å². The maximum atomic E-state index is 12.7. The molecule has 1 saturated heterocycles. The Labute approximate surface area is 149 Å². The molecule has 0 bridgehead atoms. The number of thioether (sulfide) groups is 1. The minimum Gasteiger partial charge on any atom is -0.375 e. The number of nitrogens with one attached hydrogen (secondary N) is 1. The molecule has 0 spiro atoms. The third-order valence-electron chi connectivity index (χ3n) is 4.59. The van der Waals surface area contributed by atoms with Crippen molar-refractivity contribution < 1.29 is 4.74 Å². The number of fused-ring (bicyclic) bond motifs is 1. The second-order valence-electron chi connectivity index (χ2n) is 6.95. The third kappa shape index (κ3) is 2.78. The lowest BCUT2D eigenvalue weighted by molar-refractivity contribution is -0.0705. The van der Waals surface area contributed by atoms with Gasteiger partial charge in [0.2, 0.25) is 0 Å². The molecular formula is C17H21N3O2S2. The zero-order chi connectivity index (χ0) is 16.9. The van der Waals surface area contributed by atoms with Crippen molar-refractivity contribution in [2.45, 2.75) is 50.5 Å². The number of aromatic nitrogens is 2. The highest BCUT2D eigenvalue weighted by Gasteiger charge is 2.35. The third-order valence-corrected chi connectivity index (χ3v) is 6.83. The molecule has 4 heterocycles. The average Bonchev–Trinajstić information content (AvgIpc) is 3.14. The van der Waals surface area contributed by atoms with Gasteiger partial charge in [0.25, 0.3) is 5.56 Å². The SMILES string of the molecule is CC1=Nc2c(c(=O)[nH]n2[C@@H]2CCOC(C)(C)C2)[C@@H](c2cccs2)S1. The van der Waals surface area contributed by atoms with Crippen molar-refractivity contribution in [1.82, 2.24) is 9.78 Å². The van der Waals surface area contributed by atoms with Crippen LogP contribution in [-0.4, -0.2) is 27.0 Å². The van der Waals surface area contributed by atoms with E-state index in [1.807, 2.05) is 17.7 Å². The second kappa shape index (κ2) is 5.89. The van der Waals surface area contributed by atoms with Crippen molar-refractivity contribution in [3.05, 3.63) is 38.3 Å². The van der Waals surface area contributed by atoms with Crippen LogP contribution in [0.2, 0.25) is 0 Å². The lowest BCUT2D eigenvalue weighted by Gasteiger charge is -2.36. The minimum absolute atomic E-state index is 0.0172. The number of aliphatic imine (C=N–C) groups is 1. The molecule has 5 nitrogen and oxygen atoms in total. The predicted octanol–water partition coefficient (Wildman–Crippen LogP) is 4.25. The summed E-state index contributed by atoms with van der Waals surface area (Å²) in [6, 6.07) is 4.35. The Hall–Kier alpha value is -1.31. The molecular weight excluding hydrogens is 342 g/mol. The molecule has 1 N–H and O–H groups in total. The van der Waals surface area contributed by atoms with Crippen molar-refractivity contribution in [3.63, 3.8) is 0 Å². The molecule has 2 atom stereocenters. The van der Waals surface area contributed by atoms with Gasteiger partial charge >= 0.3 is 0 Å². The quantitative estimate of drug-likeness (QED) is 0.867. The van der Waals surface area contributed by atoms with Gasteiger partial charge in [-0.25, -0.2) is 4.99 Å². The zero-order valence-corrected chi connectivity index (χ0v) is 15.7. The number of H-pyrrole nitrogens is 1. The molecule has 128 valence electrons. The number of hydrogen-bond donors (Lipinski definition) is 1. The molecule has 0 aromatic carbocycles. The van der Waals surface area contributed by atoms with Crippen molar-refractivity contribution in [1.29, 1.82) is 0 Å². The van der Waals surface area contributed by atoms with E-state index in [2.05, 4.69) is 30.4 Å². The van der Waals surface area contributed by atoms with Crippen LogP contribution in [-0.2, 0) is 4.74 Å². The summed E-state index contributed by atoms with van der Waals surface area (Å²) in [5, 5.41) is 6.16. The summed E-state index contributed by atoms with van der Waals surface area (Å²) in [7, 11) is 0. The first-order chi connectivity index (χ1) is 11.4. The monoisotopic (exact) mass is 363 g/mol. The van der Waals surface area contributed by atoms with E-state index < -0.39 is 0 Å². The lowest BCUT2D eigenvalue weighted by Crippen LogP contribution is -2.35. The highest BCUT2D eigenvalue weighted by molar-refractivity contribution is 8.14. The molecule has 7 heteroatoms. The van der Waals surface area contributed by atoms with Gasteiger partial charge in [0.15, 0.2) is 5.82 Å². The maximum absolute atomic E-state index is 12.7. The maximum Gasteiger partial charge on any atom is 0.271 e. The Kier molecular flexibility index (Phi) is 3.97. The molecule has 2 aromatic heterocycles. The molecule has 2 aliphatic heterocycles. The van der Waals surface area contributed by atoms with Gasteiger partial charge < -0.3 is 4.74 Å². The van der Waals surface area contributed by atoms with E-state index in [1.54, 1.807) is 23.1 Å². The average molecular weight is 364 g/mol. The number of thiophene rings is 1. The largest absolute Gasteiger partial charge is 0.375 e. The van der Waals surface area contributed by atoms with E-state index in [9.17, 15) is 4.79 Å². The summed E-state index contributed by atoms with van der Waals surface area (Å²) >= 11 is 3.35. The summed E-state index contributed by atoms with van der Waals surface area (Å²) in [5.74, 6) is 0.803. The van der Waals surface area contributed by atoms with Gasteiger partial charge in [0.1, 0.15) is 0 Å². The van der Waals surface area contributed by atoms with Crippen LogP contribution >= 0.6 is 23.1 Å². The Bertz CT molecular complexity index is 833. The Morgan fingerprint density at radius 2 is 2.29 bits per heavy atom. The standard InChI is InChI=1S/C17H21N3O2S2/c1-10-18-15-13(14(24-10)12-5-4-8-23-12)16(21)19-20(15)11-6-7-22-17(2,3)9-11/h4-5,8,11,14H,6-7,9H2,1-3H3,(H,19,21)/t11-,14-/m1/s1. The fourth-order valence-corrected chi connectivity index (χ4v) is 5.56. The summed E-state index contributed by atoms with van der Waals surface area (Å²) in [4.78, 5) is 18.6. The fraction of sp³-hybridized carbons (Fsp3) is 0.529. The summed E-state index contributed by atoms with van der Waals surface area (Å²) in [6.45, 7) is 6.93. The van der Waals surface area contributed by atoms with Crippen molar-refractivity contribution in [2.75, 3.05) is 6.61 Å². The van der Waals surface area contributed by atoms with Crippen LogP contribution in [0.4, 0.5) is 5.82 Å². The summed E-state index contributed by atoms with van der Waals surface area (Å²) < 4.78 is 7.82. The van der Waals surface area contributed by atoms with Gasteiger partial charge in [-0.05, 0) is 45.1 Å². The number of ether oxygens (including phenoxy) is 1. The molecule has 0 amide bonds. The fourth-order valence-electron chi connectivity index (χ4n) is 3.53. The van der Waals surface area contributed by atoms with Crippen LogP contribution in [0.1, 0.15) is 55.3 Å². The van der Waals surface area contributed by atoms with E-state index in [-0.39, 0.29) is 22.5 Å². The van der Waals surface area contributed by atoms with Crippen LogP contribution in [0.3, 0.4) is 0 Å². The van der Waals surface area contributed by atoms with Crippen LogP contribution in [0.15, 0.2) is 27.3 Å². The first-order valence-corrected chi connectivity index (χ1v) is 9.94. The van der Waals surface area contributed by atoms with Gasteiger partial charge in [-0.3, -0.25) is 14.6 Å². The molecule has 1 fully saturated rings. The smallest absolute Gasteiger partial charge is 0.271 e. The number of aromatic amines is 1. The van der Waals surface area contributed by atoms with Gasteiger partial charge in [0.05, 0.1) is 27.5 Å². The molecule has 4 rings (SSSR count). The predicted molar refractivity (Wildman–Crippen MR) is 99.9 cm³/mol. The number of rotatable bonds is 2. The minimum atomic E-state index is -0.174. The van der Waals surface area contributed by atoms with Crippen molar-refractivity contribution >= 4 is 34.0 Å². The van der Waals surface area contributed by atoms with E-state index in [0.29, 0.717) is 6.61 Å². The van der Waals surface area contributed by atoms with Crippen molar-refractivity contribution in [3.8, 4) is 0 Å². The topological polar surface area (TPSA) is 59.4 Å². The van der Waals surface area contributed by atoms with Gasteiger partial charge in [-0.15, -0.1) is 11.3 Å². The van der Waals surface area contributed by atoms with E-state index in [0.717, 1.165) is 29.3 Å². The molecule has 0 saturated carbocycles. The van der Waals surface area contributed by atoms with E-state index in [1.165, 1.54) is 4.88 Å². The number of hydrogen-bond acceptors (Lipinski definition) is 5.